The van der Waals surface area contributed by atoms with E-state index >= 15 is 0 Å². The van der Waals surface area contributed by atoms with Gasteiger partial charge in [-0.2, -0.15) is 11.8 Å². The first-order chi connectivity index (χ1) is 8.56. The van der Waals surface area contributed by atoms with Crippen molar-refractivity contribution in [1.82, 2.24) is 4.90 Å². The maximum absolute atomic E-state index is 7.39. The van der Waals surface area contributed by atoms with E-state index in [4.69, 9.17) is 22.7 Å². The molecule has 2 rings (SSSR count). The molecule has 0 spiro atoms. The SMILES string of the molecule is CC1CN(Cc2ccc(C(=N)N)cc2Cl)CCS1. The molecule has 18 heavy (non-hydrogen) atoms. The lowest BCUT2D eigenvalue weighted by molar-refractivity contribution is 0.278. The molecule has 0 saturated carbocycles. The quantitative estimate of drug-likeness (QED) is 0.662. The molecular weight excluding hydrogens is 266 g/mol. The fraction of sp³-hybridized carbons (Fsp3) is 0.462. The van der Waals surface area contributed by atoms with Crippen LogP contribution in [0.1, 0.15) is 18.1 Å². The van der Waals surface area contributed by atoms with Gasteiger partial charge in [0.15, 0.2) is 0 Å². The van der Waals surface area contributed by atoms with Crippen LogP contribution in [0.3, 0.4) is 0 Å². The van der Waals surface area contributed by atoms with Gasteiger partial charge in [0.2, 0.25) is 0 Å². The Labute approximate surface area is 117 Å². The van der Waals surface area contributed by atoms with E-state index in [1.54, 1.807) is 6.07 Å². The molecule has 1 atom stereocenters. The van der Waals surface area contributed by atoms with E-state index in [0.717, 1.165) is 25.2 Å². The van der Waals surface area contributed by atoms with Gasteiger partial charge in [0.25, 0.3) is 0 Å². The Bertz CT molecular complexity index is 450. The molecule has 3 N–H and O–H groups in total. The third-order valence-electron chi connectivity index (χ3n) is 3.08. The third kappa shape index (κ3) is 3.40. The number of nitrogens with one attached hydrogen (secondary N) is 1. The minimum Gasteiger partial charge on any atom is -0.384 e. The smallest absolute Gasteiger partial charge is 0.122 e. The average molecular weight is 284 g/mol. The van der Waals surface area contributed by atoms with Crippen molar-refractivity contribution in [1.29, 1.82) is 5.41 Å². The van der Waals surface area contributed by atoms with Crippen LogP contribution in [-0.4, -0.2) is 34.8 Å². The number of nitrogens with two attached hydrogens (primary N) is 1. The van der Waals surface area contributed by atoms with E-state index in [2.05, 4.69) is 11.8 Å². The number of halogens is 1. The second-order valence-electron chi connectivity index (χ2n) is 4.64. The van der Waals surface area contributed by atoms with Gasteiger partial charge in [0, 0.05) is 41.2 Å². The number of nitrogen functional groups attached to an aromatic ring is 1. The topological polar surface area (TPSA) is 53.1 Å². The highest BCUT2D eigenvalue weighted by atomic mass is 35.5. The Morgan fingerprint density at radius 3 is 3.00 bits per heavy atom. The normalized spacial score (nSPS) is 20.9. The second-order valence-corrected chi connectivity index (χ2v) is 6.59. The number of thioether (sulfide) groups is 1. The van der Waals surface area contributed by atoms with Crippen LogP contribution < -0.4 is 5.73 Å². The van der Waals surface area contributed by atoms with Gasteiger partial charge < -0.3 is 5.73 Å². The van der Waals surface area contributed by atoms with Crippen LogP contribution in [0.25, 0.3) is 0 Å². The minimum atomic E-state index is 0.0615. The summed E-state index contributed by atoms with van der Waals surface area (Å²) in [6.45, 7) is 5.36. The number of benzene rings is 1. The zero-order chi connectivity index (χ0) is 13.1. The number of nitrogens with zero attached hydrogens (tertiary/aromatic N) is 1. The Morgan fingerprint density at radius 2 is 2.39 bits per heavy atom. The van der Waals surface area contributed by atoms with Crippen molar-refractivity contribution in [2.45, 2.75) is 18.7 Å². The van der Waals surface area contributed by atoms with E-state index in [0.29, 0.717) is 15.8 Å². The van der Waals surface area contributed by atoms with Crippen LogP contribution in [0.15, 0.2) is 18.2 Å². The van der Waals surface area contributed by atoms with Gasteiger partial charge in [0.1, 0.15) is 5.84 Å². The summed E-state index contributed by atoms with van der Waals surface area (Å²) in [5, 5.41) is 8.78. The van der Waals surface area contributed by atoms with Crippen molar-refractivity contribution in [3.05, 3.63) is 34.3 Å². The molecular formula is C13H18ClN3S. The van der Waals surface area contributed by atoms with Crippen molar-refractivity contribution in [2.24, 2.45) is 5.73 Å². The number of hydrogen-bond acceptors (Lipinski definition) is 3. The van der Waals surface area contributed by atoms with Crippen LogP contribution in [0.2, 0.25) is 5.02 Å². The van der Waals surface area contributed by atoms with Crippen molar-refractivity contribution >= 4 is 29.2 Å². The summed E-state index contributed by atoms with van der Waals surface area (Å²) >= 11 is 8.27. The van der Waals surface area contributed by atoms with E-state index in [-0.39, 0.29) is 5.84 Å². The fourth-order valence-corrected chi connectivity index (χ4v) is 3.44. The van der Waals surface area contributed by atoms with Gasteiger partial charge in [-0.25, -0.2) is 0 Å². The molecule has 1 aliphatic heterocycles. The Balaban J connectivity index is 2.07. The van der Waals surface area contributed by atoms with Gasteiger partial charge in [-0.05, 0) is 11.6 Å². The molecule has 1 saturated heterocycles. The largest absolute Gasteiger partial charge is 0.384 e. The molecule has 98 valence electrons. The molecule has 0 bridgehead atoms. The molecule has 1 aromatic carbocycles. The van der Waals surface area contributed by atoms with Crippen molar-refractivity contribution in [2.75, 3.05) is 18.8 Å². The minimum absolute atomic E-state index is 0.0615. The Kier molecular flexibility index (Phi) is 4.54. The molecule has 0 amide bonds. The van der Waals surface area contributed by atoms with Crippen molar-refractivity contribution in [3.63, 3.8) is 0 Å². The molecule has 1 heterocycles. The molecule has 1 aliphatic rings. The number of rotatable bonds is 3. The van der Waals surface area contributed by atoms with Crippen molar-refractivity contribution in [3.8, 4) is 0 Å². The van der Waals surface area contributed by atoms with Gasteiger partial charge >= 0.3 is 0 Å². The predicted octanol–water partition coefficient (Wildman–Crippen LogP) is 2.56. The van der Waals surface area contributed by atoms with Gasteiger partial charge in [0.05, 0.1) is 0 Å². The average Bonchev–Trinajstić information content (AvgIpc) is 2.31. The fourth-order valence-electron chi connectivity index (χ4n) is 2.12. The second kappa shape index (κ2) is 5.95. The maximum Gasteiger partial charge on any atom is 0.122 e. The summed E-state index contributed by atoms with van der Waals surface area (Å²) in [6.07, 6.45) is 0. The summed E-state index contributed by atoms with van der Waals surface area (Å²) in [5.74, 6) is 1.25. The van der Waals surface area contributed by atoms with E-state index in [9.17, 15) is 0 Å². The van der Waals surface area contributed by atoms with E-state index < -0.39 is 0 Å². The molecule has 0 radical (unpaired) electrons. The molecule has 3 nitrogen and oxygen atoms in total. The molecule has 1 fully saturated rings. The lowest BCUT2D eigenvalue weighted by atomic mass is 10.1. The summed E-state index contributed by atoms with van der Waals surface area (Å²) < 4.78 is 0. The monoisotopic (exact) mass is 283 g/mol. The zero-order valence-electron chi connectivity index (χ0n) is 10.4. The highest BCUT2D eigenvalue weighted by molar-refractivity contribution is 7.99. The van der Waals surface area contributed by atoms with Crippen LogP contribution in [0.5, 0.6) is 0 Å². The molecule has 0 aromatic heterocycles. The molecule has 1 aromatic rings. The van der Waals surface area contributed by atoms with Crippen molar-refractivity contribution < 1.29 is 0 Å². The van der Waals surface area contributed by atoms with Gasteiger partial charge in [-0.1, -0.05) is 30.7 Å². The van der Waals surface area contributed by atoms with Crippen LogP contribution >= 0.6 is 23.4 Å². The van der Waals surface area contributed by atoms with E-state index in [1.807, 2.05) is 23.9 Å². The van der Waals surface area contributed by atoms with Crippen LogP contribution in [0, 0.1) is 5.41 Å². The highest BCUT2D eigenvalue weighted by Gasteiger charge is 2.17. The lowest BCUT2D eigenvalue weighted by Gasteiger charge is -2.30. The summed E-state index contributed by atoms with van der Waals surface area (Å²) in [5.41, 5.74) is 7.24. The first kappa shape index (κ1) is 13.7. The maximum atomic E-state index is 7.39. The Hall–Kier alpha value is -0.710. The highest BCUT2D eigenvalue weighted by Crippen LogP contribution is 2.23. The zero-order valence-corrected chi connectivity index (χ0v) is 12.0. The number of hydrogen-bond donors (Lipinski definition) is 2. The van der Waals surface area contributed by atoms with E-state index in [1.165, 1.54) is 5.75 Å². The first-order valence-electron chi connectivity index (χ1n) is 6.03. The predicted molar refractivity (Wildman–Crippen MR) is 79.7 cm³/mol. The Morgan fingerprint density at radius 1 is 1.61 bits per heavy atom. The van der Waals surface area contributed by atoms with Gasteiger partial charge in [-0.15, -0.1) is 0 Å². The first-order valence-corrected chi connectivity index (χ1v) is 7.45. The molecule has 0 aliphatic carbocycles. The summed E-state index contributed by atoms with van der Waals surface area (Å²) in [4.78, 5) is 2.43. The molecule has 1 unspecified atom stereocenters. The molecule has 5 heteroatoms. The number of amidine groups is 1. The van der Waals surface area contributed by atoms with Crippen LogP contribution in [0.4, 0.5) is 0 Å². The third-order valence-corrected chi connectivity index (χ3v) is 4.57. The summed E-state index contributed by atoms with van der Waals surface area (Å²) in [7, 11) is 0. The summed E-state index contributed by atoms with van der Waals surface area (Å²) in [6, 6.07) is 5.62. The van der Waals surface area contributed by atoms with Gasteiger partial charge in [-0.3, -0.25) is 10.3 Å². The lowest BCUT2D eigenvalue weighted by Crippen LogP contribution is -2.36. The van der Waals surface area contributed by atoms with Crippen LogP contribution in [-0.2, 0) is 6.54 Å². The standard InChI is InChI=1S/C13H18ClN3S/c1-9-7-17(4-5-18-9)8-11-3-2-10(13(15)16)6-12(11)14/h2-3,6,9H,4-5,7-8H2,1H3,(H3,15,16).